The first-order chi connectivity index (χ1) is 6.75. The third-order valence-corrected chi connectivity index (χ3v) is 2.92. The van der Waals surface area contributed by atoms with Gasteiger partial charge in [-0.1, -0.05) is 6.07 Å². The first kappa shape index (κ1) is 9.21. The van der Waals surface area contributed by atoms with Crippen molar-refractivity contribution in [1.82, 2.24) is 10.6 Å². The minimum atomic E-state index is -0.317. The molecule has 2 N–H and O–H groups in total. The summed E-state index contributed by atoms with van der Waals surface area (Å²) in [4.78, 5) is 23.2. The van der Waals surface area contributed by atoms with Crippen LogP contribution >= 0.6 is 11.3 Å². The third-order valence-electron chi connectivity index (χ3n) is 2.05. The van der Waals surface area contributed by atoms with Gasteiger partial charge in [-0.3, -0.25) is 9.59 Å². The Bertz CT molecular complexity index is 348. The lowest BCUT2D eigenvalue weighted by atomic mass is 10.1. The fourth-order valence-electron chi connectivity index (χ4n) is 1.22. The van der Waals surface area contributed by atoms with Crippen LogP contribution in [0.1, 0.15) is 4.88 Å². The van der Waals surface area contributed by atoms with Crippen molar-refractivity contribution in [3.8, 4) is 0 Å². The van der Waals surface area contributed by atoms with Gasteiger partial charge in [0.05, 0.1) is 6.42 Å². The summed E-state index contributed by atoms with van der Waals surface area (Å²) in [5.41, 5.74) is 0. The quantitative estimate of drug-likeness (QED) is 0.685. The Labute approximate surface area is 85.3 Å². The molecule has 1 saturated heterocycles. The van der Waals surface area contributed by atoms with Crippen molar-refractivity contribution in [1.29, 1.82) is 0 Å². The molecule has 0 aliphatic carbocycles. The zero-order chi connectivity index (χ0) is 9.97. The maximum absolute atomic E-state index is 11.4. The minimum Gasteiger partial charge on any atom is -0.352 e. The van der Waals surface area contributed by atoms with Crippen molar-refractivity contribution in [2.75, 3.05) is 6.54 Å². The first-order valence-corrected chi connectivity index (χ1v) is 5.23. The lowest BCUT2D eigenvalue weighted by molar-refractivity contribution is -0.133. The fourth-order valence-corrected chi connectivity index (χ4v) is 1.92. The molecule has 4 nitrogen and oxygen atoms in total. The van der Waals surface area contributed by atoms with Crippen LogP contribution in [0.4, 0.5) is 0 Å². The van der Waals surface area contributed by atoms with Gasteiger partial charge < -0.3 is 10.6 Å². The molecule has 2 rings (SSSR count). The van der Waals surface area contributed by atoms with Gasteiger partial charge in [0.15, 0.2) is 0 Å². The Hall–Kier alpha value is -1.36. The highest BCUT2D eigenvalue weighted by Gasteiger charge is 2.28. The molecular formula is C9H10N2O2S. The smallest absolute Gasteiger partial charge is 0.244 e. The van der Waals surface area contributed by atoms with Crippen LogP contribution in [0, 0.1) is 0 Å². The Morgan fingerprint density at radius 1 is 1.71 bits per heavy atom. The zero-order valence-electron chi connectivity index (χ0n) is 7.45. The van der Waals surface area contributed by atoms with Gasteiger partial charge in [-0.05, 0) is 11.4 Å². The number of thiophene rings is 1. The summed E-state index contributed by atoms with van der Waals surface area (Å²) in [6, 6.07) is 3.50. The highest BCUT2D eigenvalue weighted by molar-refractivity contribution is 7.10. The van der Waals surface area contributed by atoms with Crippen LogP contribution in [0.15, 0.2) is 17.5 Å². The highest BCUT2D eigenvalue weighted by Crippen LogP contribution is 2.09. The van der Waals surface area contributed by atoms with Gasteiger partial charge in [-0.25, -0.2) is 0 Å². The Morgan fingerprint density at radius 3 is 3.07 bits per heavy atom. The number of carbonyl (C=O) groups is 2. The lowest BCUT2D eigenvalue weighted by Gasteiger charge is -2.26. The van der Waals surface area contributed by atoms with E-state index in [1.54, 1.807) is 11.3 Å². The molecule has 1 fully saturated rings. The van der Waals surface area contributed by atoms with Crippen LogP contribution in [0.2, 0.25) is 0 Å². The number of hydrogen-bond acceptors (Lipinski definition) is 3. The molecule has 14 heavy (non-hydrogen) atoms. The van der Waals surface area contributed by atoms with Crippen molar-refractivity contribution >= 4 is 23.2 Å². The molecule has 1 aliphatic heterocycles. The second-order valence-corrected chi connectivity index (χ2v) is 4.15. The van der Waals surface area contributed by atoms with Gasteiger partial charge in [0.1, 0.15) is 6.04 Å². The maximum atomic E-state index is 11.4. The molecule has 1 aliphatic rings. The summed E-state index contributed by atoms with van der Waals surface area (Å²) in [6.45, 7) is 0.551. The van der Waals surface area contributed by atoms with E-state index in [4.69, 9.17) is 0 Å². The van der Waals surface area contributed by atoms with Gasteiger partial charge >= 0.3 is 0 Å². The molecular weight excluding hydrogens is 200 g/mol. The molecule has 0 saturated carbocycles. The van der Waals surface area contributed by atoms with Crippen molar-refractivity contribution in [2.45, 2.75) is 12.5 Å². The van der Waals surface area contributed by atoms with Crippen LogP contribution < -0.4 is 10.6 Å². The van der Waals surface area contributed by atoms with E-state index in [0.717, 1.165) is 4.88 Å². The van der Waals surface area contributed by atoms with E-state index in [2.05, 4.69) is 10.6 Å². The van der Waals surface area contributed by atoms with Gasteiger partial charge in [-0.15, -0.1) is 11.3 Å². The summed E-state index contributed by atoms with van der Waals surface area (Å²) < 4.78 is 0. The number of nitrogens with one attached hydrogen (secondary N) is 2. The number of rotatable bonds is 3. The second kappa shape index (κ2) is 3.79. The zero-order valence-corrected chi connectivity index (χ0v) is 8.26. The summed E-state index contributed by atoms with van der Waals surface area (Å²) >= 11 is 1.54. The summed E-state index contributed by atoms with van der Waals surface area (Å²) in [6.07, 6.45) is 0.363. The molecule has 74 valence electrons. The summed E-state index contributed by atoms with van der Waals surface area (Å²) in [5, 5.41) is 7.16. The number of amides is 2. The largest absolute Gasteiger partial charge is 0.352 e. The predicted octanol–water partition coefficient (Wildman–Crippen LogP) is -0.0948. The Kier molecular flexibility index (Phi) is 2.49. The van der Waals surface area contributed by atoms with E-state index in [1.807, 2.05) is 17.5 Å². The molecule has 2 amide bonds. The van der Waals surface area contributed by atoms with Gasteiger partial charge in [-0.2, -0.15) is 0 Å². The Morgan fingerprint density at radius 2 is 2.57 bits per heavy atom. The van der Waals surface area contributed by atoms with Crippen molar-refractivity contribution < 1.29 is 9.59 Å². The van der Waals surface area contributed by atoms with Crippen molar-refractivity contribution in [3.63, 3.8) is 0 Å². The number of β-lactam (4-membered cyclic amide) rings is 1. The van der Waals surface area contributed by atoms with E-state index >= 15 is 0 Å². The normalized spacial score (nSPS) is 19.7. The van der Waals surface area contributed by atoms with E-state index < -0.39 is 0 Å². The molecule has 0 spiro atoms. The lowest BCUT2D eigenvalue weighted by Crippen LogP contribution is -2.61. The van der Waals surface area contributed by atoms with E-state index in [0.29, 0.717) is 13.0 Å². The van der Waals surface area contributed by atoms with Crippen LogP contribution in [0.5, 0.6) is 0 Å². The number of carbonyl (C=O) groups excluding carboxylic acids is 2. The maximum Gasteiger partial charge on any atom is 0.244 e. The standard InChI is InChI=1S/C9H10N2O2S/c12-8(4-6-2-1-3-14-6)11-7-5-10-9(7)13/h1-3,7H,4-5H2,(H,10,13)(H,11,12)/t7-/m0/s1. The van der Waals surface area contributed by atoms with E-state index in [1.165, 1.54) is 0 Å². The van der Waals surface area contributed by atoms with Gasteiger partial charge in [0, 0.05) is 11.4 Å². The SMILES string of the molecule is O=C(Cc1cccs1)N[C@H]1CNC1=O. The molecule has 1 aromatic rings. The van der Waals surface area contributed by atoms with Gasteiger partial charge in [0.2, 0.25) is 11.8 Å². The highest BCUT2D eigenvalue weighted by atomic mass is 32.1. The third kappa shape index (κ3) is 1.93. The van der Waals surface area contributed by atoms with E-state index in [9.17, 15) is 9.59 Å². The molecule has 0 bridgehead atoms. The summed E-state index contributed by atoms with van der Waals surface area (Å²) in [5.74, 6) is -0.183. The van der Waals surface area contributed by atoms with Crippen molar-refractivity contribution in [2.24, 2.45) is 0 Å². The number of hydrogen-bond donors (Lipinski definition) is 2. The van der Waals surface area contributed by atoms with Crippen LogP contribution in [-0.2, 0) is 16.0 Å². The monoisotopic (exact) mass is 210 g/mol. The predicted molar refractivity (Wildman–Crippen MR) is 53.0 cm³/mol. The van der Waals surface area contributed by atoms with Crippen molar-refractivity contribution in [3.05, 3.63) is 22.4 Å². The minimum absolute atomic E-state index is 0.0905. The molecule has 0 aromatic carbocycles. The molecule has 5 heteroatoms. The topological polar surface area (TPSA) is 58.2 Å². The van der Waals surface area contributed by atoms with Crippen LogP contribution in [0.3, 0.4) is 0 Å². The second-order valence-electron chi connectivity index (χ2n) is 3.12. The average molecular weight is 210 g/mol. The average Bonchev–Trinajstić information content (AvgIpc) is 2.64. The first-order valence-electron chi connectivity index (χ1n) is 4.35. The van der Waals surface area contributed by atoms with Crippen LogP contribution in [0.25, 0.3) is 0 Å². The Balaban J connectivity index is 1.82. The molecule has 0 radical (unpaired) electrons. The van der Waals surface area contributed by atoms with Gasteiger partial charge in [0.25, 0.3) is 0 Å². The molecule has 1 aromatic heterocycles. The molecule has 2 heterocycles. The summed E-state index contributed by atoms with van der Waals surface area (Å²) in [7, 11) is 0. The molecule has 1 atom stereocenters. The van der Waals surface area contributed by atoms with E-state index in [-0.39, 0.29) is 17.9 Å². The fraction of sp³-hybridized carbons (Fsp3) is 0.333. The van der Waals surface area contributed by atoms with Crippen LogP contribution in [-0.4, -0.2) is 24.4 Å². The molecule has 0 unspecified atom stereocenters.